The van der Waals surface area contributed by atoms with Gasteiger partial charge in [0, 0.05) is 24.1 Å². The van der Waals surface area contributed by atoms with Crippen molar-refractivity contribution in [3.05, 3.63) is 33.8 Å². The van der Waals surface area contributed by atoms with Crippen molar-refractivity contribution in [3.8, 4) is 0 Å². The van der Waals surface area contributed by atoms with Crippen LogP contribution in [0.5, 0.6) is 0 Å². The van der Waals surface area contributed by atoms with Gasteiger partial charge in [-0.1, -0.05) is 48.8 Å². The minimum Gasteiger partial charge on any atom is -0.313 e. The first-order valence-electron chi connectivity index (χ1n) is 7.20. The number of halogens is 1. The summed E-state index contributed by atoms with van der Waals surface area (Å²) in [5.74, 6) is 0. The van der Waals surface area contributed by atoms with Gasteiger partial charge in [-0.15, -0.1) is 0 Å². The van der Waals surface area contributed by atoms with Crippen LogP contribution in [0.3, 0.4) is 0 Å². The quantitative estimate of drug-likeness (QED) is 0.886. The fourth-order valence-electron chi connectivity index (χ4n) is 2.70. The Morgan fingerprint density at radius 3 is 2.74 bits per heavy atom. The van der Waals surface area contributed by atoms with Crippen molar-refractivity contribution < 1.29 is 0 Å². The minimum absolute atomic E-state index is 0.484. The molecule has 19 heavy (non-hydrogen) atoms. The second-order valence-corrected chi connectivity index (χ2v) is 7.19. The number of benzene rings is 1. The fourth-order valence-corrected chi connectivity index (χ4v) is 3.25. The van der Waals surface area contributed by atoms with Gasteiger partial charge in [-0.2, -0.15) is 0 Å². The van der Waals surface area contributed by atoms with E-state index in [0.717, 1.165) is 19.6 Å². The van der Waals surface area contributed by atoms with Crippen LogP contribution < -0.4 is 5.32 Å². The van der Waals surface area contributed by atoms with Crippen molar-refractivity contribution in [2.45, 2.75) is 40.3 Å². The van der Waals surface area contributed by atoms with Crippen molar-refractivity contribution >= 4 is 15.9 Å². The van der Waals surface area contributed by atoms with E-state index in [1.807, 2.05) is 0 Å². The Hall–Kier alpha value is -0.380. The van der Waals surface area contributed by atoms with Gasteiger partial charge < -0.3 is 5.32 Å². The summed E-state index contributed by atoms with van der Waals surface area (Å²) in [6.45, 7) is 12.3. The van der Waals surface area contributed by atoms with Crippen molar-refractivity contribution in [3.63, 3.8) is 0 Å². The summed E-state index contributed by atoms with van der Waals surface area (Å²) in [5.41, 5.74) is 3.23. The Labute approximate surface area is 125 Å². The SMILES string of the molecule is CCNCc1ccc(CN2CCC(C)(C)C2)c(Br)c1. The molecular weight excluding hydrogens is 300 g/mol. The molecule has 106 valence electrons. The number of likely N-dealkylation sites (tertiary alicyclic amines) is 1. The summed E-state index contributed by atoms with van der Waals surface area (Å²) in [4.78, 5) is 2.56. The summed E-state index contributed by atoms with van der Waals surface area (Å²) < 4.78 is 1.24. The zero-order valence-corrected chi connectivity index (χ0v) is 13.9. The second kappa shape index (κ2) is 6.38. The maximum absolute atomic E-state index is 3.72. The van der Waals surface area contributed by atoms with Crippen LogP contribution in [0.4, 0.5) is 0 Å². The Balaban J connectivity index is 1.97. The van der Waals surface area contributed by atoms with Crippen LogP contribution >= 0.6 is 15.9 Å². The van der Waals surface area contributed by atoms with Crippen molar-refractivity contribution in [1.29, 1.82) is 0 Å². The molecule has 1 aromatic rings. The Morgan fingerprint density at radius 2 is 2.16 bits per heavy atom. The van der Waals surface area contributed by atoms with Crippen LogP contribution in [0, 0.1) is 5.41 Å². The van der Waals surface area contributed by atoms with E-state index in [1.54, 1.807) is 0 Å². The van der Waals surface area contributed by atoms with Crippen molar-refractivity contribution in [1.82, 2.24) is 10.2 Å². The van der Waals surface area contributed by atoms with E-state index in [9.17, 15) is 0 Å². The molecule has 1 aliphatic heterocycles. The zero-order valence-electron chi connectivity index (χ0n) is 12.3. The molecule has 0 bridgehead atoms. The number of nitrogens with one attached hydrogen (secondary N) is 1. The summed E-state index contributed by atoms with van der Waals surface area (Å²) in [6, 6.07) is 6.76. The molecule has 0 spiro atoms. The van der Waals surface area contributed by atoms with Crippen LogP contribution in [-0.2, 0) is 13.1 Å². The molecule has 1 aromatic carbocycles. The predicted molar refractivity (Wildman–Crippen MR) is 85.2 cm³/mol. The number of hydrogen-bond donors (Lipinski definition) is 1. The fraction of sp³-hybridized carbons (Fsp3) is 0.625. The highest BCUT2D eigenvalue weighted by Gasteiger charge is 2.29. The van der Waals surface area contributed by atoms with E-state index in [1.165, 1.54) is 35.1 Å². The predicted octanol–water partition coefficient (Wildman–Crippen LogP) is 3.79. The average molecular weight is 325 g/mol. The third-order valence-corrected chi connectivity index (χ3v) is 4.59. The summed E-state index contributed by atoms with van der Waals surface area (Å²) >= 11 is 3.72. The average Bonchev–Trinajstić information content (AvgIpc) is 2.69. The van der Waals surface area contributed by atoms with Gasteiger partial charge in [0.25, 0.3) is 0 Å². The van der Waals surface area contributed by atoms with Gasteiger partial charge >= 0.3 is 0 Å². The molecule has 0 atom stereocenters. The molecule has 0 unspecified atom stereocenters. The van der Waals surface area contributed by atoms with E-state index >= 15 is 0 Å². The van der Waals surface area contributed by atoms with Crippen LogP contribution in [0.1, 0.15) is 38.3 Å². The number of hydrogen-bond acceptors (Lipinski definition) is 2. The van der Waals surface area contributed by atoms with E-state index in [0.29, 0.717) is 5.41 Å². The lowest BCUT2D eigenvalue weighted by Gasteiger charge is -2.20. The molecule has 0 aromatic heterocycles. The highest BCUT2D eigenvalue weighted by Crippen LogP contribution is 2.31. The smallest absolute Gasteiger partial charge is 0.0245 e. The Morgan fingerprint density at radius 1 is 1.37 bits per heavy atom. The van der Waals surface area contributed by atoms with Crippen LogP contribution in [0.2, 0.25) is 0 Å². The molecule has 1 saturated heterocycles. The Bertz CT molecular complexity index is 429. The molecule has 0 radical (unpaired) electrons. The molecule has 1 heterocycles. The molecule has 2 nitrogen and oxygen atoms in total. The molecule has 2 rings (SSSR count). The standard InChI is InChI=1S/C16H25BrN2/c1-4-18-10-13-5-6-14(15(17)9-13)11-19-8-7-16(2,3)12-19/h5-6,9,18H,4,7-8,10-12H2,1-3H3. The van der Waals surface area contributed by atoms with Crippen LogP contribution in [0.15, 0.2) is 22.7 Å². The maximum atomic E-state index is 3.72. The second-order valence-electron chi connectivity index (χ2n) is 6.33. The lowest BCUT2D eigenvalue weighted by atomic mass is 9.93. The van der Waals surface area contributed by atoms with Crippen LogP contribution in [0.25, 0.3) is 0 Å². The van der Waals surface area contributed by atoms with Crippen LogP contribution in [-0.4, -0.2) is 24.5 Å². The first-order valence-corrected chi connectivity index (χ1v) is 8.00. The first-order chi connectivity index (χ1) is 9.00. The number of rotatable bonds is 5. The van der Waals surface area contributed by atoms with Gasteiger partial charge in [0.15, 0.2) is 0 Å². The molecule has 0 aliphatic carbocycles. The van der Waals surface area contributed by atoms with E-state index in [4.69, 9.17) is 0 Å². The normalized spacial score (nSPS) is 18.9. The lowest BCUT2D eigenvalue weighted by Crippen LogP contribution is -2.23. The topological polar surface area (TPSA) is 15.3 Å². The molecule has 3 heteroatoms. The maximum Gasteiger partial charge on any atom is 0.0245 e. The lowest BCUT2D eigenvalue weighted by molar-refractivity contribution is 0.284. The highest BCUT2D eigenvalue weighted by atomic mass is 79.9. The molecule has 1 aliphatic rings. The molecule has 1 fully saturated rings. The summed E-state index contributed by atoms with van der Waals surface area (Å²) in [5, 5.41) is 3.36. The Kier molecular flexibility index (Phi) is 5.04. The monoisotopic (exact) mass is 324 g/mol. The summed E-state index contributed by atoms with van der Waals surface area (Å²) in [7, 11) is 0. The van der Waals surface area contributed by atoms with Gasteiger partial charge in [0.05, 0.1) is 0 Å². The molecule has 1 N–H and O–H groups in total. The van der Waals surface area contributed by atoms with E-state index < -0.39 is 0 Å². The van der Waals surface area contributed by atoms with Gasteiger partial charge in [-0.05, 0) is 42.1 Å². The van der Waals surface area contributed by atoms with Crippen molar-refractivity contribution in [2.24, 2.45) is 5.41 Å². The molecule has 0 amide bonds. The minimum atomic E-state index is 0.484. The van der Waals surface area contributed by atoms with Gasteiger partial charge in [0.2, 0.25) is 0 Å². The van der Waals surface area contributed by atoms with Gasteiger partial charge in [0.1, 0.15) is 0 Å². The van der Waals surface area contributed by atoms with Gasteiger partial charge in [-0.3, -0.25) is 4.90 Å². The van der Waals surface area contributed by atoms with E-state index in [2.05, 4.69) is 65.1 Å². The number of nitrogens with zero attached hydrogens (tertiary/aromatic N) is 1. The first kappa shape index (κ1) is 15.0. The van der Waals surface area contributed by atoms with Crippen molar-refractivity contribution in [2.75, 3.05) is 19.6 Å². The highest BCUT2D eigenvalue weighted by molar-refractivity contribution is 9.10. The summed E-state index contributed by atoms with van der Waals surface area (Å²) in [6.07, 6.45) is 1.31. The molecule has 0 saturated carbocycles. The third-order valence-electron chi connectivity index (χ3n) is 3.85. The molecular formula is C16H25BrN2. The third kappa shape index (κ3) is 4.30. The van der Waals surface area contributed by atoms with Gasteiger partial charge in [-0.25, -0.2) is 0 Å². The zero-order chi connectivity index (χ0) is 13.9. The largest absolute Gasteiger partial charge is 0.313 e. The van der Waals surface area contributed by atoms with E-state index in [-0.39, 0.29) is 0 Å².